The number of aryl methyl sites for hydroxylation is 1. The third-order valence-corrected chi connectivity index (χ3v) is 3.23. The van der Waals surface area contributed by atoms with Crippen LogP contribution in [0.25, 0.3) is 0 Å². The molecule has 0 fully saturated rings. The Morgan fingerprint density at radius 1 is 1.17 bits per heavy atom. The first-order valence-electron chi connectivity index (χ1n) is 5.88. The first-order valence-corrected chi connectivity index (χ1v) is 6.67. The topological polar surface area (TPSA) is 35.2 Å². The summed E-state index contributed by atoms with van der Waals surface area (Å²) in [6.07, 6.45) is -0.111. The minimum Gasteiger partial charge on any atom is -0.484 e. The molecule has 0 aromatic heterocycles. The van der Waals surface area contributed by atoms with Gasteiger partial charge in [-0.3, -0.25) is 0 Å². The molecule has 0 aliphatic rings. The molecule has 94 valence electrons. The van der Waals surface area contributed by atoms with Crippen LogP contribution in [0.3, 0.4) is 0 Å². The van der Waals surface area contributed by atoms with Crippen LogP contribution in [0.15, 0.2) is 53.0 Å². The zero-order chi connectivity index (χ0) is 13.0. The van der Waals surface area contributed by atoms with E-state index >= 15 is 0 Å². The second kappa shape index (κ2) is 6.03. The minimum atomic E-state index is -0.111. The Morgan fingerprint density at radius 2 is 1.89 bits per heavy atom. The SMILES string of the molecule is Cc1ccc(C(CN)Oc2cccc(Br)c2)cc1. The lowest BCUT2D eigenvalue weighted by Gasteiger charge is -2.18. The number of hydrogen-bond acceptors (Lipinski definition) is 2. The normalized spacial score (nSPS) is 12.2. The number of nitrogens with two attached hydrogens (primary N) is 1. The van der Waals surface area contributed by atoms with Crippen LogP contribution >= 0.6 is 15.9 Å². The van der Waals surface area contributed by atoms with E-state index in [1.165, 1.54) is 5.56 Å². The number of halogens is 1. The monoisotopic (exact) mass is 305 g/mol. The second-order valence-electron chi connectivity index (χ2n) is 4.21. The molecule has 0 aliphatic carbocycles. The molecule has 3 heteroatoms. The van der Waals surface area contributed by atoms with Crippen molar-refractivity contribution >= 4 is 15.9 Å². The molecule has 0 bridgehead atoms. The highest BCUT2D eigenvalue weighted by Crippen LogP contribution is 2.24. The van der Waals surface area contributed by atoms with E-state index in [-0.39, 0.29) is 6.10 Å². The molecular weight excluding hydrogens is 290 g/mol. The first-order chi connectivity index (χ1) is 8.69. The van der Waals surface area contributed by atoms with Gasteiger partial charge in [0.1, 0.15) is 11.9 Å². The minimum absolute atomic E-state index is 0.111. The van der Waals surface area contributed by atoms with Gasteiger partial charge in [0.15, 0.2) is 0 Å². The lowest BCUT2D eigenvalue weighted by atomic mass is 10.1. The molecule has 0 radical (unpaired) electrons. The largest absolute Gasteiger partial charge is 0.484 e. The van der Waals surface area contributed by atoms with Gasteiger partial charge in [-0.1, -0.05) is 51.8 Å². The maximum atomic E-state index is 5.92. The predicted molar refractivity (Wildman–Crippen MR) is 77.7 cm³/mol. The van der Waals surface area contributed by atoms with Crippen LogP contribution in [0.4, 0.5) is 0 Å². The van der Waals surface area contributed by atoms with Crippen molar-refractivity contribution in [1.29, 1.82) is 0 Å². The Kier molecular flexibility index (Phi) is 4.39. The van der Waals surface area contributed by atoms with Crippen LogP contribution in [0.2, 0.25) is 0 Å². The van der Waals surface area contributed by atoms with E-state index < -0.39 is 0 Å². The van der Waals surface area contributed by atoms with E-state index in [2.05, 4.69) is 47.1 Å². The zero-order valence-electron chi connectivity index (χ0n) is 10.3. The number of rotatable bonds is 4. The quantitative estimate of drug-likeness (QED) is 0.931. The smallest absolute Gasteiger partial charge is 0.136 e. The molecule has 0 heterocycles. The van der Waals surface area contributed by atoms with Crippen molar-refractivity contribution in [1.82, 2.24) is 0 Å². The summed E-state index contributed by atoms with van der Waals surface area (Å²) in [6, 6.07) is 16.1. The van der Waals surface area contributed by atoms with Crippen molar-refractivity contribution in [3.8, 4) is 5.75 Å². The lowest BCUT2D eigenvalue weighted by molar-refractivity contribution is 0.214. The number of hydrogen-bond donors (Lipinski definition) is 1. The summed E-state index contributed by atoms with van der Waals surface area (Å²) in [5.41, 5.74) is 8.13. The molecule has 18 heavy (non-hydrogen) atoms. The molecule has 2 aromatic rings. The van der Waals surface area contributed by atoms with Crippen LogP contribution < -0.4 is 10.5 Å². The van der Waals surface area contributed by atoms with Crippen LogP contribution in [0.5, 0.6) is 5.75 Å². The third-order valence-electron chi connectivity index (χ3n) is 2.74. The van der Waals surface area contributed by atoms with Crippen molar-refractivity contribution in [2.45, 2.75) is 13.0 Å². The van der Waals surface area contributed by atoms with Crippen molar-refractivity contribution in [3.63, 3.8) is 0 Å². The average Bonchev–Trinajstić information content (AvgIpc) is 2.37. The molecule has 2 nitrogen and oxygen atoms in total. The van der Waals surface area contributed by atoms with Gasteiger partial charge >= 0.3 is 0 Å². The van der Waals surface area contributed by atoms with E-state index in [1.807, 2.05) is 24.3 Å². The Hall–Kier alpha value is -1.32. The van der Waals surface area contributed by atoms with Gasteiger partial charge in [0, 0.05) is 11.0 Å². The van der Waals surface area contributed by atoms with E-state index in [1.54, 1.807) is 0 Å². The molecule has 0 saturated carbocycles. The summed E-state index contributed by atoms with van der Waals surface area (Å²) in [4.78, 5) is 0. The van der Waals surface area contributed by atoms with Gasteiger partial charge in [0.25, 0.3) is 0 Å². The fourth-order valence-corrected chi connectivity index (χ4v) is 2.12. The summed E-state index contributed by atoms with van der Waals surface area (Å²) in [5.74, 6) is 0.820. The van der Waals surface area contributed by atoms with E-state index in [0.29, 0.717) is 6.54 Å². The van der Waals surface area contributed by atoms with Crippen LogP contribution in [0.1, 0.15) is 17.2 Å². The van der Waals surface area contributed by atoms with Crippen LogP contribution in [-0.4, -0.2) is 6.54 Å². The average molecular weight is 306 g/mol. The standard InChI is InChI=1S/C15H16BrNO/c1-11-5-7-12(8-6-11)15(10-17)18-14-4-2-3-13(16)9-14/h2-9,15H,10,17H2,1H3. The van der Waals surface area contributed by atoms with Gasteiger partial charge in [0.2, 0.25) is 0 Å². The van der Waals surface area contributed by atoms with Crippen LogP contribution in [-0.2, 0) is 0 Å². The van der Waals surface area contributed by atoms with E-state index in [9.17, 15) is 0 Å². The summed E-state index contributed by atoms with van der Waals surface area (Å²) < 4.78 is 6.92. The summed E-state index contributed by atoms with van der Waals surface area (Å²) in [7, 11) is 0. The Morgan fingerprint density at radius 3 is 2.50 bits per heavy atom. The van der Waals surface area contributed by atoms with Gasteiger partial charge in [-0.25, -0.2) is 0 Å². The molecule has 2 aromatic carbocycles. The summed E-state index contributed by atoms with van der Waals surface area (Å²) in [6.45, 7) is 2.52. The Labute approximate surface area is 116 Å². The van der Waals surface area contributed by atoms with Gasteiger partial charge in [-0.05, 0) is 30.7 Å². The van der Waals surface area contributed by atoms with E-state index in [4.69, 9.17) is 10.5 Å². The fourth-order valence-electron chi connectivity index (χ4n) is 1.74. The second-order valence-corrected chi connectivity index (χ2v) is 5.13. The van der Waals surface area contributed by atoms with Crippen molar-refractivity contribution in [2.75, 3.05) is 6.54 Å². The molecule has 2 N–H and O–H groups in total. The molecule has 0 spiro atoms. The maximum absolute atomic E-state index is 5.92. The predicted octanol–water partition coefficient (Wildman–Crippen LogP) is 3.84. The highest BCUT2D eigenvalue weighted by Gasteiger charge is 2.11. The van der Waals surface area contributed by atoms with Crippen molar-refractivity contribution in [3.05, 3.63) is 64.1 Å². The first kappa shape index (κ1) is 13.1. The van der Waals surface area contributed by atoms with Gasteiger partial charge in [0.05, 0.1) is 0 Å². The maximum Gasteiger partial charge on any atom is 0.136 e. The van der Waals surface area contributed by atoms with Gasteiger partial charge in [-0.15, -0.1) is 0 Å². The summed E-state index contributed by atoms with van der Waals surface area (Å²) in [5, 5.41) is 0. The number of benzene rings is 2. The van der Waals surface area contributed by atoms with Crippen molar-refractivity contribution < 1.29 is 4.74 Å². The van der Waals surface area contributed by atoms with E-state index in [0.717, 1.165) is 15.8 Å². The van der Waals surface area contributed by atoms with Gasteiger partial charge in [-0.2, -0.15) is 0 Å². The molecule has 0 amide bonds. The highest BCUT2D eigenvalue weighted by atomic mass is 79.9. The summed E-state index contributed by atoms with van der Waals surface area (Å²) >= 11 is 3.43. The van der Waals surface area contributed by atoms with Crippen LogP contribution in [0, 0.1) is 6.92 Å². The number of ether oxygens (including phenoxy) is 1. The lowest BCUT2D eigenvalue weighted by Crippen LogP contribution is -2.18. The molecule has 1 unspecified atom stereocenters. The molecule has 0 saturated heterocycles. The third kappa shape index (κ3) is 3.34. The highest BCUT2D eigenvalue weighted by molar-refractivity contribution is 9.10. The molecule has 2 rings (SSSR count). The molecule has 0 aliphatic heterocycles. The van der Waals surface area contributed by atoms with Crippen molar-refractivity contribution in [2.24, 2.45) is 5.73 Å². The molecule has 1 atom stereocenters. The molecular formula is C15H16BrNO. The Balaban J connectivity index is 2.17. The zero-order valence-corrected chi connectivity index (χ0v) is 11.9. The Bertz CT molecular complexity index is 510. The fraction of sp³-hybridized carbons (Fsp3) is 0.200. The van der Waals surface area contributed by atoms with Gasteiger partial charge < -0.3 is 10.5 Å².